The van der Waals surface area contributed by atoms with E-state index in [9.17, 15) is 18.8 Å². The van der Waals surface area contributed by atoms with Gasteiger partial charge in [0, 0.05) is 11.9 Å². The lowest BCUT2D eigenvalue weighted by Gasteiger charge is -2.14. The molecule has 7 nitrogen and oxygen atoms in total. The Balaban J connectivity index is 1.73. The predicted molar refractivity (Wildman–Crippen MR) is 121 cm³/mol. The average molecular weight is 473 g/mol. The summed E-state index contributed by atoms with van der Waals surface area (Å²) in [6, 6.07) is 13.1. The van der Waals surface area contributed by atoms with E-state index in [0.717, 1.165) is 4.57 Å². The number of amides is 1. The Morgan fingerprint density at radius 2 is 1.75 bits per heavy atom. The van der Waals surface area contributed by atoms with E-state index >= 15 is 0 Å². The zero-order valence-electron chi connectivity index (χ0n) is 16.4. The maximum absolute atomic E-state index is 13.2. The molecule has 4 rings (SSSR count). The van der Waals surface area contributed by atoms with Crippen molar-refractivity contribution in [3.63, 3.8) is 0 Å². The summed E-state index contributed by atoms with van der Waals surface area (Å²) in [5, 5.41) is 3.26. The molecule has 32 heavy (non-hydrogen) atoms. The van der Waals surface area contributed by atoms with Gasteiger partial charge in [-0.2, -0.15) is 0 Å². The van der Waals surface area contributed by atoms with Crippen molar-refractivity contribution in [2.24, 2.45) is 0 Å². The fourth-order valence-electron chi connectivity index (χ4n) is 3.23. The topological polar surface area (TPSA) is 86.0 Å². The van der Waals surface area contributed by atoms with Crippen LogP contribution in [0.25, 0.3) is 11.0 Å². The molecule has 10 heteroatoms. The Bertz CT molecular complexity index is 1450. The molecule has 0 aliphatic heterocycles. The van der Waals surface area contributed by atoms with Gasteiger partial charge in [-0.3, -0.25) is 18.7 Å². The van der Waals surface area contributed by atoms with Gasteiger partial charge in [0.2, 0.25) is 5.91 Å². The molecule has 0 atom stereocenters. The number of carbonyl (C=O) groups is 1. The standard InChI is InChI=1S/C22H15Cl2FN4O3/c23-16-8-7-15(10-17(16)24)27-19(30)12-28-18-2-1-9-26-20(18)21(31)29(22(28)32)11-13-3-5-14(25)6-4-13/h1-10H,11-12H2,(H,27,30). The summed E-state index contributed by atoms with van der Waals surface area (Å²) in [6.45, 7) is -0.468. The molecular weight excluding hydrogens is 458 g/mol. The summed E-state index contributed by atoms with van der Waals surface area (Å²) < 4.78 is 15.4. The maximum Gasteiger partial charge on any atom is 0.332 e. The van der Waals surface area contributed by atoms with E-state index in [1.54, 1.807) is 18.2 Å². The van der Waals surface area contributed by atoms with Crippen LogP contribution in [0.2, 0.25) is 10.0 Å². The largest absolute Gasteiger partial charge is 0.332 e. The van der Waals surface area contributed by atoms with Gasteiger partial charge in [0.05, 0.1) is 22.1 Å². The minimum Gasteiger partial charge on any atom is -0.324 e. The van der Waals surface area contributed by atoms with Crippen molar-refractivity contribution >= 4 is 45.8 Å². The SMILES string of the molecule is O=C(Cn1c(=O)n(Cc2ccc(F)cc2)c(=O)c2ncccc21)Nc1ccc(Cl)c(Cl)c1. The van der Waals surface area contributed by atoms with Crippen LogP contribution in [0, 0.1) is 5.82 Å². The quantitative estimate of drug-likeness (QED) is 0.479. The highest BCUT2D eigenvalue weighted by Gasteiger charge is 2.17. The number of hydrogen-bond donors (Lipinski definition) is 1. The van der Waals surface area contributed by atoms with Gasteiger partial charge in [0.25, 0.3) is 5.56 Å². The molecule has 1 amide bonds. The molecular formula is C22H15Cl2FN4O3. The number of fused-ring (bicyclic) bond motifs is 1. The van der Waals surface area contributed by atoms with E-state index < -0.39 is 23.0 Å². The predicted octanol–water partition coefficient (Wildman–Crippen LogP) is 3.69. The molecule has 2 aromatic heterocycles. The number of rotatable bonds is 5. The second kappa shape index (κ2) is 8.94. The van der Waals surface area contributed by atoms with Crippen LogP contribution in [0.4, 0.5) is 10.1 Å². The molecule has 2 heterocycles. The van der Waals surface area contributed by atoms with Crippen LogP contribution in [-0.4, -0.2) is 20.0 Å². The summed E-state index contributed by atoms with van der Waals surface area (Å²) >= 11 is 11.9. The number of nitrogens with zero attached hydrogens (tertiary/aromatic N) is 3. The van der Waals surface area contributed by atoms with Gasteiger partial charge in [0.1, 0.15) is 12.4 Å². The monoisotopic (exact) mass is 472 g/mol. The molecule has 0 aliphatic rings. The highest BCUT2D eigenvalue weighted by molar-refractivity contribution is 6.42. The smallest absolute Gasteiger partial charge is 0.324 e. The van der Waals surface area contributed by atoms with Crippen molar-refractivity contribution < 1.29 is 9.18 Å². The summed E-state index contributed by atoms with van der Waals surface area (Å²) in [6.07, 6.45) is 1.43. The Labute approximate surface area is 190 Å². The van der Waals surface area contributed by atoms with Crippen molar-refractivity contribution in [2.75, 3.05) is 5.32 Å². The van der Waals surface area contributed by atoms with Gasteiger partial charge in [-0.25, -0.2) is 14.2 Å². The molecule has 0 bridgehead atoms. The number of anilines is 1. The van der Waals surface area contributed by atoms with E-state index in [1.165, 1.54) is 47.2 Å². The van der Waals surface area contributed by atoms with Crippen LogP contribution < -0.4 is 16.6 Å². The number of aromatic nitrogens is 3. The molecule has 0 unspecified atom stereocenters. The molecule has 0 radical (unpaired) electrons. The van der Waals surface area contributed by atoms with Crippen molar-refractivity contribution in [3.8, 4) is 0 Å². The molecule has 0 spiro atoms. The first kappa shape index (κ1) is 21.7. The molecule has 0 fully saturated rings. The number of halogens is 3. The molecule has 2 aromatic carbocycles. The minimum absolute atomic E-state index is 0.0385. The molecule has 1 N–H and O–H groups in total. The summed E-state index contributed by atoms with van der Waals surface area (Å²) in [7, 11) is 0. The third-order valence-corrected chi connectivity index (χ3v) is 5.48. The first-order chi connectivity index (χ1) is 15.3. The molecule has 4 aromatic rings. The Hall–Kier alpha value is -3.49. The van der Waals surface area contributed by atoms with Gasteiger partial charge in [0.15, 0.2) is 5.52 Å². The van der Waals surface area contributed by atoms with Crippen LogP contribution in [0.1, 0.15) is 5.56 Å². The second-order valence-corrected chi connectivity index (χ2v) is 7.75. The van der Waals surface area contributed by atoms with E-state index in [2.05, 4.69) is 10.3 Å². The Kier molecular flexibility index (Phi) is 6.07. The average Bonchev–Trinajstić information content (AvgIpc) is 2.78. The van der Waals surface area contributed by atoms with Crippen LogP contribution in [0.3, 0.4) is 0 Å². The van der Waals surface area contributed by atoms with Crippen LogP contribution in [-0.2, 0) is 17.9 Å². The van der Waals surface area contributed by atoms with Gasteiger partial charge < -0.3 is 5.32 Å². The third kappa shape index (κ3) is 4.42. The summed E-state index contributed by atoms with van der Waals surface area (Å²) in [5.74, 6) is -0.944. The van der Waals surface area contributed by atoms with Crippen LogP contribution in [0.15, 0.2) is 70.4 Å². The van der Waals surface area contributed by atoms with E-state index in [0.29, 0.717) is 16.3 Å². The summed E-state index contributed by atoms with van der Waals surface area (Å²) in [4.78, 5) is 42.8. The number of hydrogen-bond acceptors (Lipinski definition) is 4. The highest BCUT2D eigenvalue weighted by Crippen LogP contribution is 2.25. The molecule has 0 aliphatic carbocycles. The van der Waals surface area contributed by atoms with Gasteiger partial charge in [-0.15, -0.1) is 0 Å². The number of nitrogens with one attached hydrogen (secondary N) is 1. The van der Waals surface area contributed by atoms with Crippen LogP contribution in [0.5, 0.6) is 0 Å². The highest BCUT2D eigenvalue weighted by atomic mass is 35.5. The number of carbonyl (C=O) groups excluding carboxylic acids is 1. The first-order valence-electron chi connectivity index (χ1n) is 9.41. The van der Waals surface area contributed by atoms with Gasteiger partial charge in [-0.1, -0.05) is 35.3 Å². The van der Waals surface area contributed by atoms with E-state index in [-0.39, 0.29) is 29.1 Å². The maximum atomic E-state index is 13.2. The normalized spacial score (nSPS) is 11.0. The van der Waals surface area contributed by atoms with Crippen molar-refractivity contribution in [3.05, 3.63) is 103 Å². The van der Waals surface area contributed by atoms with E-state index in [1.807, 2.05) is 0 Å². The Morgan fingerprint density at radius 1 is 1.00 bits per heavy atom. The zero-order valence-corrected chi connectivity index (χ0v) is 17.9. The Morgan fingerprint density at radius 3 is 2.47 bits per heavy atom. The van der Waals surface area contributed by atoms with Crippen molar-refractivity contribution in [2.45, 2.75) is 13.1 Å². The molecule has 0 saturated carbocycles. The minimum atomic E-state index is -0.691. The zero-order chi connectivity index (χ0) is 22.8. The lowest BCUT2D eigenvalue weighted by Crippen LogP contribution is -2.42. The third-order valence-electron chi connectivity index (χ3n) is 4.75. The first-order valence-corrected chi connectivity index (χ1v) is 10.2. The molecule has 162 valence electrons. The van der Waals surface area contributed by atoms with E-state index in [4.69, 9.17) is 23.2 Å². The number of pyridine rings is 1. The van der Waals surface area contributed by atoms with Crippen LogP contribution >= 0.6 is 23.2 Å². The summed E-state index contributed by atoms with van der Waals surface area (Å²) in [5.41, 5.74) is -0.0777. The number of benzene rings is 2. The van der Waals surface area contributed by atoms with Crippen molar-refractivity contribution in [1.82, 2.24) is 14.1 Å². The lowest BCUT2D eigenvalue weighted by atomic mass is 10.2. The second-order valence-electron chi connectivity index (χ2n) is 6.93. The van der Waals surface area contributed by atoms with Gasteiger partial charge >= 0.3 is 5.69 Å². The fourth-order valence-corrected chi connectivity index (χ4v) is 3.52. The molecule has 0 saturated heterocycles. The lowest BCUT2D eigenvalue weighted by molar-refractivity contribution is -0.116. The fraction of sp³-hybridized carbons (Fsp3) is 0.0909. The van der Waals surface area contributed by atoms with Gasteiger partial charge in [-0.05, 0) is 48.0 Å². The van der Waals surface area contributed by atoms with Crippen molar-refractivity contribution in [1.29, 1.82) is 0 Å².